The second kappa shape index (κ2) is 4.86. The highest BCUT2D eigenvalue weighted by molar-refractivity contribution is 5.38. The van der Waals surface area contributed by atoms with Crippen molar-refractivity contribution in [3.05, 3.63) is 24.3 Å². The molecule has 77 valence electrons. The fourth-order valence-corrected chi connectivity index (χ4v) is 0.935. The van der Waals surface area contributed by atoms with Crippen molar-refractivity contribution in [3.8, 4) is 11.5 Å². The first-order valence-electron chi connectivity index (χ1n) is 4.53. The van der Waals surface area contributed by atoms with Crippen molar-refractivity contribution < 1.29 is 9.47 Å². The SMILES string of the molecule is COc1ccc[c]c1OC(C)N(C)C. The first kappa shape index (κ1) is 10.9. The number of benzene rings is 1. The lowest BCUT2D eigenvalue weighted by Gasteiger charge is -2.21. The van der Waals surface area contributed by atoms with Crippen LogP contribution in [0.1, 0.15) is 6.92 Å². The number of ether oxygens (including phenoxy) is 2. The second-order valence-electron chi connectivity index (χ2n) is 3.25. The Hall–Kier alpha value is -1.22. The maximum atomic E-state index is 5.64. The summed E-state index contributed by atoms with van der Waals surface area (Å²) in [6.07, 6.45) is 0.00236. The van der Waals surface area contributed by atoms with Crippen molar-refractivity contribution in [2.75, 3.05) is 21.2 Å². The summed E-state index contributed by atoms with van der Waals surface area (Å²) < 4.78 is 10.8. The van der Waals surface area contributed by atoms with Crippen LogP contribution in [0.2, 0.25) is 0 Å². The zero-order chi connectivity index (χ0) is 10.6. The molecular formula is C11H16NO2. The Morgan fingerprint density at radius 3 is 2.71 bits per heavy atom. The van der Waals surface area contributed by atoms with Gasteiger partial charge in [-0.3, -0.25) is 4.90 Å². The summed E-state index contributed by atoms with van der Waals surface area (Å²) in [5.74, 6) is 1.36. The van der Waals surface area contributed by atoms with E-state index in [0.29, 0.717) is 11.5 Å². The molecule has 1 aromatic carbocycles. The topological polar surface area (TPSA) is 21.7 Å². The van der Waals surface area contributed by atoms with Gasteiger partial charge in [-0.05, 0) is 27.1 Å². The zero-order valence-corrected chi connectivity index (χ0v) is 9.07. The van der Waals surface area contributed by atoms with E-state index in [0.717, 1.165) is 0 Å². The third kappa shape index (κ3) is 2.64. The van der Waals surface area contributed by atoms with Gasteiger partial charge in [0, 0.05) is 6.07 Å². The predicted octanol–water partition coefficient (Wildman–Crippen LogP) is 1.78. The predicted molar refractivity (Wildman–Crippen MR) is 55.6 cm³/mol. The van der Waals surface area contributed by atoms with Gasteiger partial charge in [0.1, 0.15) is 6.23 Å². The van der Waals surface area contributed by atoms with Gasteiger partial charge in [-0.1, -0.05) is 12.1 Å². The quantitative estimate of drug-likeness (QED) is 0.682. The number of methoxy groups -OCH3 is 1. The molecule has 0 aromatic heterocycles. The molecule has 14 heavy (non-hydrogen) atoms. The molecule has 0 N–H and O–H groups in total. The molecule has 3 nitrogen and oxygen atoms in total. The van der Waals surface area contributed by atoms with Crippen LogP contribution in [0.25, 0.3) is 0 Å². The maximum absolute atomic E-state index is 5.64. The fourth-order valence-electron chi connectivity index (χ4n) is 0.935. The summed E-state index contributed by atoms with van der Waals surface area (Å²) in [5.41, 5.74) is 0. The molecular weight excluding hydrogens is 178 g/mol. The molecule has 1 rings (SSSR count). The van der Waals surface area contributed by atoms with Crippen LogP contribution in [0.3, 0.4) is 0 Å². The molecule has 0 aliphatic carbocycles. The zero-order valence-electron chi connectivity index (χ0n) is 9.07. The van der Waals surface area contributed by atoms with Crippen LogP contribution in [0.15, 0.2) is 18.2 Å². The van der Waals surface area contributed by atoms with Gasteiger partial charge in [0.2, 0.25) is 0 Å². The number of hydrogen-bond acceptors (Lipinski definition) is 3. The van der Waals surface area contributed by atoms with Gasteiger partial charge in [-0.2, -0.15) is 0 Å². The minimum atomic E-state index is 0.00236. The van der Waals surface area contributed by atoms with Crippen LogP contribution in [-0.4, -0.2) is 32.3 Å². The van der Waals surface area contributed by atoms with Crippen LogP contribution in [0, 0.1) is 6.07 Å². The summed E-state index contributed by atoms with van der Waals surface area (Å²) in [6, 6.07) is 8.53. The van der Waals surface area contributed by atoms with Crippen LogP contribution in [-0.2, 0) is 0 Å². The molecule has 3 heteroatoms. The third-order valence-corrected chi connectivity index (χ3v) is 2.02. The van der Waals surface area contributed by atoms with E-state index in [2.05, 4.69) is 6.07 Å². The van der Waals surface area contributed by atoms with Crippen LogP contribution in [0.5, 0.6) is 11.5 Å². The van der Waals surface area contributed by atoms with Gasteiger partial charge in [0.05, 0.1) is 7.11 Å². The van der Waals surface area contributed by atoms with Crippen molar-refractivity contribution in [2.45, 2.75) is 13.2 Å². The molecule has 0 aliphatic heterocycles. The summed E-state index contributed by atoms with van der Waals surface area (Å²) in [5, 5.41) is 0. The minimum absolute atomic E-state index is 0.00236. The van der Waals surface area contributed by atoms with Crippen molar-refractivity contribution in [1.29, 1.82) is 0 Å². The smallest absolute Gasteiger partial charge is 0.171 e. The average Bonchev–Trinajstić information content (AvgIpc) is 2.18. The van der Waals surface area contributed by atoms with Crippen molar-refractivity contribution in [3.63, 3.8) is 0 Å². The van der Waals surface area contributed by atoms with Crippen molar-refractivity contribution in [2.24, 2.45) is 0 Å². The number of para-hydroxylation sites is 1. The molecule has 0 spiro atoms. The molecule has 0 aliphatic rings. The Morgan fingerprint density at radius 1 is 1.43 bits per heavy atom. The van der Waals surface area contributed by atoms with E-state index in [-0.39, 0.29) is 6.23 Å². The molecule has 0 bridgehead atoms. The minimum Gasteiger partial charge on any atom is -0.493 e. The summed E-state index contributed by atoms with van der Waals surface area (Å²) in [7, 11) is 5.54. The lowest BCUT2D eigenvalue weighted by Crippen LogP contribution is -2.30. The van der Waals surface area contributed by atoms with Gasteiger partial charge in [0.25, 0.3) is 0 Å². The summed E-state index contributed by atoms with van der Waals surface area (Å²) >= 11 is 0. The van der Waals surface area contributed by atoms with E-state index >= 15 is 0 Å². The molecule has 1 radical (unpaired) electrons. The van der Waals surface area contributed by atoms with E-state index in [1.165, 1.54) is 0 Å². The van der Waals surface area contributed by atoms with Crippen LogP contribution in [0.4, 0.5) is 0 Å². The van der Waals surface area contributed by atoms with Crippen LogP contribution < -0.4 is 9.47 Å². The van der Waals surface area contributed by atoms with Crippen molar-refractivity contribution in [1.82, 2.24) is 4.90 Å². The monoisotopic (exact) mass is 194 g/mol. The molecule has 0 saturated carbocycles. The lowest BCUT2D eigenvalue weighted by molar-refractivity contribution is 0.0782. The van der Waals surface area contributed by atoms with Crippen LogP contribution >= 0.6 is 0 Å². The van der Waals surface area contributed by atoms with E-state index in [9.17, 15) is 0 Å². The highest BCUT2D eigenvalue weighted by atomic mass is 16.5. The van der Waals surface area contributed by atoms with Gasteiger partial charge in [-0.15, -0.1) is 0 Å². The van der Waals surface area contributed by atoms with Gasteiger partial charge in [0.15, 0.2) is 11.5 Å². The Bertz CT molecular complexity index is 286. The Labute approximate surface area is 85.2 Å². The second-order valence-corrected chi connectivity index (χ2v) is 3.25. The Kier molecular flexibility index (Phi) is 3.77. The molecule has 0 fully saturated rings. The van der Waals surface area contributed by atoms with Gasteiger partial charge in [-0.25, -0.2) is 0 Å². The number of nitrogens with zero attached hydrogens (tertiary/aromatic N) is 1. The normalized spacial score (nSPS) is 12.6. The van der Waals surface area contributed by atoms with Gasteiger partial charge >= 0.3 is 0 Å². The first-order valence-corrected chi connectivity index (χ1v) is 4.53. The van der Waals surface area contributed by atoms with E-state index in [1.54, 1.807) is 13.2 Å². The first-order chi connectivity index (χ1) is 6.65. The largest absolute Gasteiger partial charge is 0.493 e. The molecule has 0 amide bonds. The third-order valence-electron chi connectivity index (χ3n) is 2.02. The summed E-state index contributed by atoms with van der Waals surface area (Å²) in [4.78, 5) is 1.97. The highest BCUT2D eigenvalue weighted by Crippen LogP contribution is 2.26. The van der Waals surface area contributed by atoms with E-state index < -0.39 is 0 Å². The van der Waals surface area contributed by atoms with E-state index in [4.69, 9.17) is 9.47 Å². The van der Waals surface area contributed by atoms with Gasteiger partial charge < -0.3 is 9.47 Å². The van der Waals surface area contributed by atoms with Crippen molar-refractivity contribution >= 4 is 0 Å². The number of hydrogen-bond donors (Lipinski definition) is 0. The lowest BCUT2D eigenvalue weighted by atomic mass is 10.3. The molecule has 0 heterocycles. The average molecular weight is 194 g/mol. The summed E-state index contributed by atoms with van der Waals surface area (Å²) in [6.45, 7) is 1.97. The van der Waals surface area contributed by atoms with E-state index in [1.807, 2.05) is 38.1 Å². The number of rotatable bonds is 4. The molecule has 1 atom stereocenters. The highest BCUT2D eigenvalue weighted by Gasteiger charge is 2.09. The Balaban J connectivity index is 2.75. The fraction of sp³-hybridized carbons (Fsp3) is 0.455. The standard InChI is InChI=1S/C11H16NO2/c1-9(12(2)3)14-11-8-6-5-7-10(11)13-4/h5-7,9H,1-4H3. The maximum Gasteiger partial charge on any atom is 0.171 e. The Morgan fingerprint density at radius 2 is 2.14 bits per heavy atom. The molecule has 1 aromatic rings. The molecule has 1 unspecified atom stereocenters. The molecule has 0 saturated heterocycles.